The van der Waals surface area contributed by atoms with Crippen LogP contribution >= 0.6 is 0 Å². The zero-order valence-corrected chi connectivity index (χ0v) is 31.0. The molecule has 4 heterocycles. The van der Waals surface area contributed by atoms with Gasteiger partial charge in [-0.1, -0.05) is 40.5 Å². The Hall–Kier alpha value is -2.91. The molecule has 15 heteroatoms. The molecule has 8 aliphatic rings. The maximum absolute atomic E-state index is 14.3. The zero-order valence-electron chi connectivity index (χ0n) is 30.1. The highest BCUT2D eigenvalue weighted by Crippen LogP contribution is 2.58. The van der Waals surface area contributed by atoms with Crippen LogP contribution in [0.1, 0.15) is 105 Å². The Morgan fingerprint density at radius 2 is 0.980 bits per heavy atom. The number of fused-ring (bicyclic) bond motifs is 4. The van der Waals surface area contributed by atoms with E-state index < -0.39 is 80.9 Å². The summed E-state index contributed by atoms with van der Waals surface area (Å²) in [6, 6.07) is -4.12. The van der Waals surface area contributed by atoms with Crippen LogP contribution in [-0.2, 0) is 39.0 Å². The maximum Gasteiger partial charge on any atom is 0.278 e. The van der Waals surface area contributed by atoms with Crippen molar-refractivity contribution in [2.45, 2.75) is 141 Å². The lowest BCUT2D eigenvalue weighted by molar-refractivity contribution is -0.154. The van der Waals surface area contributed by atoms with E-state index in [9.17, 15) is 37.2 Å². The lowest BCUT2D eigenvalue weighted by atomic mass is 9.64. The van der Waals surface area contributed by atoms with Gasteiger partial charge in [0, 0.05) is 24.9 Å². The molecule has 4 saturated carbocycles. The molecular formula is C36H52N6O8S. The van der Waals surface area contributed by atoms with Gasteiger partial charge in [0.05, 0.1) is 35.0 Å². The molecule has 2 N–H and O–H groups in total. The summed E-state index contributed by atoms with van der Waals surface area (Å²) >= 11 is 0. The Morgan fingerprint density at radius 1 is 0.627 bits per heavy atom. The van der Waals surface area contributed by atoms with Crippen LogP contribution in [0.3, 0.4) is 0 Å². The third-order valence-corrected chi connectivity index (χ3v) is 14.8. The minimum Gasteiger partial charge on any atom is -0.335 e. The molecule has 6 atom stereocenters. The molecule has 2 spiro atoms. The first kappa shape index (κ1) is 35.1. The lowest BCUT2D eigenvalue weighted by Gasteiger charge is -2.45. The Morgan fingerprint density at radius 3 is 1.25 bits per heavy atom. The van der Waals surface area contributed by atoms with Crippen molar-refractivity contribution in [3.05, 3.63) is 0 Å². The molecule has 6 amide bonds. The fourth-order valence-electron chi connectivity index (χ4n) is 10.3. The molecule has 0 aromatic heterocycles. The van der Waals surface area contributed by atoms with E-state index in [0.29, 0.717) is 51.6 Å². The summed E-state index contributed by atoms with van der Waals surface area (Å²) in [5, 5.41) is 0. The van der Waals surface area contributed by atoms with Gasteiger partial charge >= 0.3 is 0 Å². The van der Waals surface area contributed by atoms with Crippen molar-refractivity contribution in [3.63, 3.8) is 0 Å². The fourth-order valence-corrected chi connectivity index (χ4v) is 11.8. The van der Waals surface area contributed by atoms with E-state index in [-0.39, 0.29) is 35.5 Å². The monoisotopic (exact) mass is 728 g/mol. The van der Waals surface area contributed by atoms with E-state index in [0.717, 1.165) is 38.5 Å². The average molecular weight is 729 g/mol. The molecule has 51 heavy (non-hydrogen) atoms. The zero-order chi connectivity index (χ0) is 36.4. The molecule has 8 rings (SSSR count). The van der Waals surface area contributed by atoms with Crippen molar-refractivity contribution >= 4 is 45.7 Å². The average Bonchev–Trinajstić information content (AvgIpc) is 3.94. The number of hydrogen-bond acceptors (Lipinski definition) is 8. The number of carbonyl (C=O) groups excluding carboxylic acids is 6. The second kappa shape index (κ2) is 12.1. The molecule has 8 fully saturated rings. The van der Waals surface area contributed by atoms with Crippen molar-refractivity contribution in [1.29, 1.82) is 0 Å². The standard InChI is InChI=1S/C36H52N6O8S/c1-19(2)25(31(45)39-17-11-23-27(39)35(13-5-14-35)33(47)41(23)29(43)21-7-8-21)37-51(49,50)38-26(20(3)4)32(46)40-18-12-24-28(40)36(15-6-16-36)34(48)42(24)30(44)22-9-10-22/h19-28,37-38H,5-18H2,1-4H3/t23-,24-,25-,26-,27-,28-/m0/s1. The summed E-state index contributed by atoms with van der Waals surface area (Å²) < 4.78 is 33.0. The molecule has 4 aliphatic carbocycles. The molecule has 280 valence electrons. The second-order valence-electron chi connectivity index (χ2n) is 17.4. The number of carbonyl (C=O) groups is 6. The van der Waals surface area contributed by atoms with Gasteiger partial charge in [-0.3, -0.25) is 38.6 Å². The van der Waals surface area contributed by atoms with Crippen LogP contribution < -0.4 is 9.44 Å². The van der Waals surface area contributed by atoms with Gasteiger partial charge in [-0.2, -0.15) is 17.9 Å². The quantitative estimate of drug-likeness (QED) is 0.317. The summed E-state index contributed by atoms with van der Waals surface area (Å²) in [6.45, 7) is 7.64. The summed E-state index contributed by atoms with van der Waals surface area (Å²) in [7, 11) is -4.44. The van der Waals surface area contributed by atoms with E-state index in [4.69, 9.17) is 0 Å². The lowest BCUT2D eigenvalue weighted by Crippen LogP contribution is -2.62. The SMILES string of the molecule is CC(C)[C@H](NS(=O)(=O)N[C@H](C(=O)N1CC[C@H]2[C@H]1C1(CCC1)C(=O)N2C(=O)C1CC1)C(C)C)C(=O)N1CC[C@H]2[C@H]1C1(CCC1)C(=O)N2C(=O)C1CC1. The molecule has 4 saturated heterocycles. The number of nitrogens with one attached hydrogen (secondary N) is 2. The summed E-state index contributed by atoms with van der Waals surface area (Å²) in [5.74, 6) is -2.70. The van der Waals surface area contributed by atoms with E-state index in [1.165, 1.54) is 9.80 Å². The number of rotatable bonds is 10. The highest BCUT2D eigenvalue weighted by molar-refractivity contribution is 7.87. The molecule has 0 radical (unpaired) electrons. The third-order valence-electron chi connectivity index (χ3n) is 13.6. The number of nitrogens with zero attached hydrogens (tertiary/aromatic N) is 4. The van der Waals surface area contributed by atoms with Crippen LogP contribution in [0.4, 0.5) is 0 Å². The molecule has 4 aliphatic heterocycles. The fraction of sp³-hybridized carbons (Fsp3) is 0.833. The van der Waals surface area contributed by atoms with Gasteiger partial charge < -0.3 is 9.80 Å². The first-order chi connectivity index (χ1) is 24.1. The third kappa shape index (κ3) is 5.25. The smallest absolute Gasteiger partial charge is 0.278 e. The Kier molecular flexibility index (Phi) is 8.31. The number of amides is 6. The summed E-state index contributed by atoms with van der Waals surface area (Å²) in [5.41, 5.74) is -1.61. The maximum atomic E-state index is 14.3. The van der Waals surface area contributed by atoms with Crippen LogP contribution in [0.2, 0.25) is 0 Å². The van der Waals surface area contributed by atoms with Crippen LogP contribution in [0.5, 0.6) is 0 Å². The summed E-state index contributed by atoms with van der Waals surface area (Å²) in [4.78, 5) is 88.9. The van der Waals surface area contributed by atoms with Gasteiger partial charge in [-0.25, -0.2) is 0 Å². The Balaban J connectivity index is 0.996. The predicted octanol–water partition coefficient (Wildman–Crippen LogP) is 1.30. The van der Waals surface area contributed by atoms with Crippen molar-refractivity contribution in [2.75, 3.05) is 13.1 Å². The normalized spacial score (nSPS) is 31.7. The van der Waals surface area contributed by atoms with Crippen molar-refractivity contribution in [3.8, 4) is 0 Å². The minimum atomic E-state index is -4.44. The van der Waals surface area contributed by atoms with Gasteiger partial charge in [-0.15, -0.1) is 0 Å². The van der Waals surface area contributed by atoms with Gasteiger partial charge in [0.15, 0.2) is 0 Å². The predicted molar refractivity (Wildman–Crippen MR) is 182 cm³/mol. The molecule has 0 aromatic carbocycles. The van der Waals surface area contributed by atoms with E-state index in [2.05, 4.69) is 9.44 Å². The number of imide groups is 2. The molecular weight excluding hydrogens is 676 g/mol. The molecule has 0 aromatic rings. The first-order valence-electron chi connectivity index (χ1n) is 19.3. The minimum absolute atomic E-state index is 0.128. The Labute approximate surface area is 299 Å². The first-order valence-corrected chi connectivity index (χ1v) is 20.8. The molecule has 0 unspecified atom stereocenters. The van der Waals surface area contributed by atoms with Gasteiger partial charge in [0.25, 0.3) is 10.2 Å². The highest BCUT2D eigenvalue weighted by atomic mass is 32.2. The molecule has 0 bridgehead atoms. The Bertz CT molecular complexity index is 1550. The molecule has 14 nitrogen and oxygen atoms in total. The van der Waals surface area contributed by atoms with Crippen LogP contribution in [0.25, 0.3) is 0 Å². The van der Waals surface area contributed by atoms with Gasteiger partial charge in [0.1, 0.15) is 12.1 Å². The van der Waals surface area contributed by atoms with E-state index in [1.54, 1.807) is 37.5 Å². The highest BCUT2D eigenvalue weighted by Gasteiger charge is 2.69. The van der Waals surface area contributed by atoms with Crippen molar-refractivity contribution in [2.24, 2.45) is 34.5 Å². The van der Waals surface area contributed by atoms with Gasteiger partial charge in [-0.05, 0) is 76.0 Å². The van der Waals surface area contributed by atoms with Crippen molar-refractivity contribution in [1.82, 2.24) is 29.0 Å². The van der Waals surface area contributed by atoms with E-state index >= 15 is 0 Å². The van der Waals surface area contributed by atoms with Crippen molar-refractivity contribution < 1.29 is 37.2 Å². The number of hydrogen-bond donors (Lipinski definition) is 2. The second-order valence-corrected chi connectivity index (χ2v) is 18.9. The topological polar surface area (TPSA) is 174 Å². The largest absolute Gasteiger partial charge is 0.335 e. The summed E-state index contributed by atoms with van der Waals surface area (Å²) in [6.07, 6.45) is 8.09. The van der Waals surface area contributed by atoms with Crippen LogP contribution in [-0.4, -0.2) is 113 Å². The van der Waals surface area contributed by atoms with Crippen LogP contribution in [0, 0.1) is 34.5 Å². The van der Waals surface area contributed by atoms with Gasteiger partial charge in [0.2, 0.25) is 35.4 Å². The van der Waals surface area contributed by atoms with E-state index in [1.807, 2.05) is 0 Å². The number of likely N-dealkylation sites (tertiary alicyclic amines) is 4. The van der Waals surface area contributed by atoms with Crippen LogP contribution in [0.15, 0.2) is 0 Å².